The molecular weight excluding hydrogens is 369 g/mol. The summed E-state index contributed by atoms with van der Waals surface area (Å²) in [7, 11) is 0. The molecule has 120 valence electrons. The molecule has 0 aliphatic carbocycles. The Kier molecular flexibility index (Phi) is 5.37. The molecule has 0 fully saturated rings. The summed E-state index contributed by atoms with van der Waals surface area (Å²) in [6, 6.07) is 8.97. The van der Waals surface area contributed by atoms with Crippen molar-refractivity contribution in [1.29, 1.82) is 0 Å². The van der Waals surface area contributed by atoms with Gasteiger partial charge < -0.3 is 0 Å². The highest BCUT2D eigenvalue weighted by Gasteiger charge is 2.28. The Balaban J connectivity index is 2.54. The van der Waals surface area contributed by atoms with Gasteiger partial charge in [-0.15, -0.1) is 0 Å². The first-order valence-electron chi connectivity index (χ1n) is 6.45. The van der Waals surface area contributed by atoms with Crippen LogP contribution in [-0.4, -0.2) is 16.5 Å². The van der Waals surface area contributed by atoms with E-state index in [0.29, 0.717) is 11.9 Å². The van der Waals surface area contributed by atoms with Gasteiger partial charge in [-0.3, -0.25) is 0 Å². The van der Waals surface area contributed by atoms with Crippen LogP contribution in [0.5, 0.6) is 0 Å². The lowest BCUT2D eigenvalue weighted by molar-refractivity contribution is 0.488. The summed E-state index contributed by atoms with van der Waals surface area (Å²) in [5.41, 5.74) is -0.127. The Bertz CT molecular complexity index is 760. The maximum Gasteiger partial charge on any atom is 0.358 e. The van der Waals surface area contributed by atoms with Crippen LogP contribution < -0.4 is 11.4 Å². The van der Waals surface area contributed by atoms with Crippen molar-refractivity contribution in [3.8, 4) is 0 Å². The molecule has 0 aliphatic rings. The Morgan fingerprint density at radius 2 is 1.68 bits per heavy atom. The molecule has 0 bridgehead atoms. The molecule has 1 heterocycles. The van der Waals surface area contributed by atoms with Gasteiger partial charge in [-0.1, -0.05) is 65.1 Å². The highest BCUT2D eigenvalue weighted by molar-refractivity contribution is 8.03. The molecule has 1 aromatic carbocycles. The van der Waals surface area contributed by atoms with Crippen LogP contribution in [0.25, 0.3) is 0 Å². The summed E-state index contributed by atoms with van der Waals surface area (Å²) < 4.78 is 1.76. The molecule has 1 aromatic heterocycles. The molecule has 0 amide bonds. The average molecular weight is 383 g/mol. The fourth-order valence-electron chi connectivity index (χ4n) is 1.99. The van der Waals surface area contributed by atoms with Gasteiger partial charge in [-0.25, -0.2) is 18.8 Å². The summed E-state index contributed by atoms with van der Waals surface area (Å²) in [4.78, 5) is 25.0. The lowest BCUT2D eigenvalue weighted by Crippen LogP contribution is -2.29. The van der Waals surface area contributed by atoms with Gasteiger partial charge in [0.05, 0.1) is 12.6 Å². The number of halogens is 3. The summed E-state index contributed by atoms with van der Waals surface area (Å²) in [5.74, 6) is 0. The van der Waals surface area contributed by atoms with Gasteiger partial charge in [0.25, 0.3) is 3.12 Å². The minimum absolute atomic E-state index is 0.165. The predicted molar refractivity (Wildman–Crippen MR) is 92.2 cm³/mol. The normalized spacial score (nSPS) is 12.1. The van der Waals surface area contributed by atoms with E-state index in [1.165, 1.54) is 4.68 Å². The quantitative estimate of drug-likeness (QED) is 0.763. The fourth-order valence-corrected chi connectivity index (χ4v) is 3.30. The van der Waals surface area contributed by atoms with E-state index in [9.17, 15) is 9.59 Å². The molecule has 5 nitrogen and oxygen atoms in total. The van der Waals surface area contributed by atoms with Crippen LogP contribution in [0.4, 0.5) is 0 Å². The van der Waals surface area contributed by atoms with Crippen LogP contribution >= 0.6 is 46.8 Å². The molecule has 0 radical (unpaired) electrons. The molecule has 0 unspecified atom stereocenters. The van der Waals surface area contributed by atoms with Crippen LogP contribution in [0.2, 0.25) is 0 Å². The van der Waals surface area contributed by atoms with Crippen LogP contribution in [0.3, 0.4) is 0 Å². The molecule has 0 saturated heterocycles. The number of rotatable bonds is 4. The standard InChI is InChI=1S/C13H14Cl3N3O2S/c1-9(2)18-11(20)17(8-10-6-4-3-5-7-10)12(21)19(18)22-13(14,15)16/h3-7,9H,8H2,1-2H3. The summed E-state index contributed by atoms with van der Waals surface area (Å²) >= 11 is 17.9. The van der Waals surface area contributed by atoms with Crippen molar-refractivity contribution in [3.05, 3.63) is 56.9 Å². The van der Waals surface area contributed by atoms with Crippen LogP contribution in [0.15, 0.2) is 39.9 Å². The third kappa shape index (κ3) is 3.93. The van der Waals surface area contributed by atoms with E-state index in [1.807, 2.05) is 30.3 Å². The van der Waals surface area contributed by atoms with E-state index in [1.54, 1.807) is 13.8 Å². The molecule has 9 heteroatoms. The number of alkyl halides is 3. The first-order chi connectivity index (χ1) is 10.2. The van der Waals surface area contributed by atoms with Crippen LogP contribution in [0, 0.1) is 0 Å². The first-order valence-corrected chi connectivity index (χ1v) is 8.36. The summed E-state index contributed by atoms with van der Waals surface area (Å²) in [5, 5.41) is 0. The van der Waals surface area contributed by atoms with E-state index in [2.05, 4.69) is 0 Å². The van der Waals surface area contributed by atoms with Gasteiger partial charge in [0.15, 0.2) is 0 Å². The molecular formula is C13H14Cl3N3O2S. The zero-order valence-electron chi connectivity index (χ0n) is 11.9. The largest absolute Gasteiger partial charge is 0.358 e. The summed E-state index contributed by atoms with van der Waals surface area (Å²) in [6.07, 6.45) is 0. The van der Waals surface area contributed by atoms with Gasteiger partial charge in [-0.2, -0.15) is 4.09 Å². The van der Waals surface area contributed by atoms with E-state index in [4.69, 9.17) is 34.8 Å². The van der Waals surface area contributed by atoms with Gasteiger partial charge in [-0.05, 0) is 19.4 Å². The number of benzene rings is 1. The van der Waals surface area contributed by atoms with E-state index >= 15 is 0 Å². The van der Waals surface area contributed by atoms with E-state index in [-0.39, 0.29) is 12.6 Å². The highest BCUT2D eigenvalue weighted by atomic mass is 35.6. The molecule has 0 saturated carbocycles. The van der Waals surface area contributed by atoms with Gasteiger partial charge in [0.2, 0.25) is 0 Å². The topological polar surface area (TPSA) is 48.9 Å². The van der Waals surface area contributed by atoms with Crippen molar-refractivity contribution in [2.45, 2.75) is 29.6 Å². The minimum Gasteiger partial charge on any atom is -0.246 e. The molecule has 0 atom stereocenters. The van der Waals surface area contributed by atoms with Crippen molar-refractivity contribution in [2.75, 3.05) is 0 Å². The second-order valence-electron chi connectivity index (χ2n) is 4.89. The Morgan fingerprint density at radius 3 is 2.18 bits per heavy atom. The van der Waals surface area contributed by atoms with Crippen molar-refractivity contribution >= 4 is 46.8 Å². The monoisotopic (exact) mass is 381 g/mol. The van der Waals surface area contributed by atoms with Crippen molar-refractivity contribution in [2.24, 2.45) is 0 Å². The van der Waals surface area contributed by atoms with Gasteiger partial charge >= 0.3 is 11.4 Å². The van der Waals surface area contributed by atoms with Crippen LogP contribution in [0.1, 0.15) is 25.5 Å². The maximum atomic E-state index is 12.5. The molecule has 2 aromatic rings. The highest BCUT2D eigenvalue weighted by Crippen LogP contribution is 2.38. The number of hydrogen-bond acceptors (Lipinski definition) is 3. The Hall–Kier alpha value is -0.820. The smallest absolute Gasteiger partial charge is 0.246 e. The lowest BCUT2D eigenvalue weighted by atomic mass is 10.2. The SMILES string of the molecule is CC(C)n1c(=O)n(Cc2ccccc2)c(=O)n1SC(Cl)(Cl)Cl. The van der Waals surface area contributed by atoms with E-state index < -0.39 is 14.5 Å². The van der Waals surface area contributed by atoms with Gasteiger partial charge in [0, 0.05) is 11.9 Å². The first kappa shape index (κ1) is 17.5. The molecule has 0 aliphatic heterocycles. The molecule has 0 spiro atoms. The van der Waals surface area contributed by atoms with Crippen molar-refractivity contribution in [3.63, 3.8) is 0 Å². The number of nitrogens with zero attached hydrogens (tertiary/aromatic N) is 3. The average Bonchev–Trinajstić information content (AvgIpc) is 2.63. The molecule has 22 heavy (non-hydrogen) atoms. The second kappa shape index (κ2) is 6.74. The fraction of sp³-hybridized carbons (Fsp3) is 0.385. The minimum atomic E-state index is -1.74. The summed E-state index contributed by atoms with van der Waals surface area (Å²) in [6.45, 7) is 3.73. The second-order valence-corrected chi connectivity index (χ2v) is 8.98. The zero-order valence-corrected chi connectivity index (χ0v) is 15.0. The Labute approximate surface area is 146 Å². The third-order valence-electron chi connectivity index (χ3n) is 2.88. The van der Waals surface area contributed by atoms with Crippen molar-refractivity contribution < 1.29 is 0 Å². The van der Waals surface area contributed by atoms with Crippen molar-refractivity contribution in [1.82, 2.24) is 13.3 Å². The van der Waals surface area contributed by atoms with E-state index in [0.717, 1.165) is 14.2 Å². The third-order valence-corrected chi connectivity index (χ3v) is 4.21. The predicted octanol–water partition coefficient (Wildman–Crippen LogP) is 3.26. The lowest BCUT2D eigenvalue weighted by Gasteiger charge is -2.14. The molecule has 0 N–H and O–H groups in total. The van der Waals surface area contributed by atoms with Crippen LogP contribution in [-0.2, 0) is 6.54 Å². The number of hydrogen-bond donors (Lipinski definition) is 0. The zero-order chi connectivity index (χ0) is 16.5. The molecule has 2 rings (SSSR count). The Morgan fingerprint density at radius 1 is 1.09 bits per heavy atom. The maximum absolute atomic E-state index is 12.5. The number of aromatic nitrogens is 3. The van der Waals surface area contributed by atoms with Gasteiger partial charge in [0.1, 0.15) is 0 Å².